The molecule has 0 amide bonds. The zero-order chi connectivity index (χ0) is 23.1. The number of allylic oxidation sites excluding steroid dienone is 2. The fourth-order valence-electron chi connectivity index (χ4n) is 2.68. The van der Waals surface area contributed by atoms with Gasteiger partial charge in [-0.3, -0.25) is 0 Å². The number of aliphatic hydroxyl groups is 2. The summed E-state index contributed by atoms with van der Waals surface area (Å²) in [7, 11) is 1.87. The number of ether oxygens (including phenoxy) is 4. The molecule has 5 N–H and O–H groups in total. The zero-order valence-electron chi connectivity index (χ0n) is 19.9. The van der Waals surface area contributed by atoms with Gasteiger partial charge in [-0.15, -0.1) is 0 Å². The fraction of sp³-hybridized carbons (Fsp3) is 0.909. The lowest BCUT2D eigenvalue weighted by Crippen LogP contribution is -2.54. The predicted octanol–water partition coefficient (Wildman–Crippen LogP) is 1.48. The van der Waals surface area contributed by atoms with Gasteiger partial charge in [0, 0.05) is 12.1 Å². The van der Waals surface area contributed by atoms with Gasteiger partial charge in [-0.2, -0.15) is 0 Å². The van der Waals surface area contributed by atoms with E-state index in [-0.39, 0.29) is 25.3 Å². The third-order valence-corrected chi connectivity index (χ3v) is 4.84. The molecule has 0 saturated heterocycles. The Morgan fingerprint density at radius 3 is 1.67 bits per heavy atom. The van der Waals surface area contributed by atoms with E-state index in [0.29, 0.717) is 39.6 Å². The summed E-state index contributed by atoms with van der Waals surface area (Å²) in [5.41, 5.74) is 4.96. The molecule has 0 aromatic rings. The molecule has 0 aliphatic heterocycles. The van der Waals surface area contributed by atoms with E-state index in [0.717, 1.165) is 19.3 Å². The Labute approximate surface area is 184 Å². The number of aliphatic hydroxyl groups excluding tert-OH is 2. The number of hydrogen-bond donors (Lipinski definition) is 4. The molecule has 0 aromatic heterocycles. The predicted molar refractivity (Wildman–Crippen MR) is 122 cm³/mol. The van der Waals surface area contributed by atoms with Gasteiger partial charge in [0.1, 0.15) is 0 Å². The van der Waals surface area contributed by atoms with Crippen LogP contribution < -0.4 is 11.1 Å². The number of hydrogen-bond acceptors (Lipinski definition) is 8. The number of rotatable bonds is 19. The Morgan fingerprint density at radius 1 is 0.867 bits per heavy atom. The number of nitrogens with two attached hydrogens (primary N) is 1. The molecule has 0 saturated carbocycles. The summed E-state index contributed by atoms with van der Waals surface area (Å²) in [6, 6.07) is 0. The maximum atomic E-state index is 10.3. The van der Waals surface area contributed by atoms with Crippen LogP contribution in [0.15, 0.2) is 12.2 Å². The van der Waals surface area contributed by atoms with E-state index in [4.69, 9.17) is 24.7 Å². The van der Waals surface area contributed by atoms with Crippen molar-refractivity contribution in [3.05, 3.63) is 12.2 Å². The first-order chi connectivity index (χ1) is 14.5. The fourth-order valence-corrected chi connectivity index (χ4v) is 2.68. The summed E-state index contributed by atoms with van der Waals surface area (Å²) in [6.45, 7) is 11.7. The van der Waals surface area contributed by atoms with E-state index in [2.05, 4.69) is 38.2 Å². The summed E-state index contributed by atoms with van der Waals surface area (Å²) in [5.74, 6) is 0. The van der Waals surface area contributed by atoms with Crippen LogP contribution in [0.2, 0.25) is 0 Å². The smallest absolute Gasteiger partial charge is 0.0954 e. The summed E-state index contributed by atoms with van der Waals surface area (Å²) in [5, 5.41) is 22.7. The molecule has 2 unspecified atom stereocenters. The number of nitrogens with one attached hydrogen (secondary N) is 1. The molecule has 0 aliphatic carbocycles. The summed E-state index contributed by atoms with van der Waals surface area (Å²) in [6.07, 6.45) is 5.86. The van der Waals surface area contributed by atoms with E-state index < -0.39 is 12.2 Å². The first-order valence-electron chi connectivity index (χ1n) is 11.1. The van der Waals surface area contributed by atoms with Crippen LogP contribution in [0.4, 0.5) is 0 Å². The normalized spacial score (nSPS) is 13.9. The summed E-state index contributed by atoms with van der Waals surface area (Å²) in [4.78, 5) is 0. The number of likely N-dealkylation sites (N-methyl/N-ethyl adjacent to an activating group) is 1. The van der Waals surface area contributed by atoms with Crippen molar-refractivity contribution in [1.29, 1.82) is 0 Å². The van der Waals surface area contributed by atoms with Gasteiger partial charge < -0.3 is 40.2 Å². The van der Waals surface area contributed by atoms with Crippen molar-refractivity contribution in [2.45, 2.75) is 64.7 Å². The van der Waals surface area contributed by atoms with Crippen LogP contribution in [-0.4, -0.2) is 94.4 Å². The molecule has 0 spiro atoms. The van der Waals surface area contributed by atoms with Crippen LogP contribution in [-0.2, 0) is 18.9 Å². The van der Waals surface area contributed by atoms with Crippen molar-refractivity contribution < 1.29 is 29.2 Å². The quantitative estimate of drug-likeness (QED) is 0.178. The SMILES string of the molecule is CC=CCC.CCC(CC)(NC)C(O)COCCOCCOCCOCC(O)CN. The lowest BCUT2D eigenvalue weighted by Gasteiger charge is -2.36. The van der Waals surface area contributed by atoms with Gasteiger partial charge in [0.15, 0.2) is 0 Å². The standard InChI is InChI=1S/C17H38N2O6.C5H10/c1-4-17(5-2,19-3)16(21)14-25-11-9-23-7-6-22-8-10-24-13-15(20)12-18;1-3-5-4-2/h15-16,19-21H,4-14,18H2,1-3H3;3,5H,4H2,1-2H3. The average Bonchev–Trinajstić information content (AvgIpc) is 2.76. The van der Waals surface area contributed by atoms with E-state index in [1.165, 1.54) is 0 Å². The molecular weight excluding hydrogens is 388 g/mol. The van der Waals surface area contributed by atoms with Gasteiger partial charge in [0.2, 0.25) is 0 Å². The lowest BCUT2D eigenvalue weighted by atomic mass is 9.87. The van der Waals surface area contributed by atoms with E-state index >= 15 is 0 Å². The van der Waals surface area contributed by atoms with E-state index in [1.54, 1.807) is 0 Å². The Bertz CT molecular complexity index is 359. The minimum absolute atomic E-state index is 0.195. The second-order valence-electron chi connectivity index (χ2n) is 6.87. The second-order valence-corrected chi connectivity index (χ2v) is 6.87. The summed E-state index contributed by atoms with van der Waals surface area (Å²) >= 11 is 0. The highest BCUT2D eigenvalue weighted by Gasteiger charge is 2.32. The van der Waals surface area contributed by atoms with Gasteiger partial charge >= 0.3 is 0 Å². The van der Waals surface area contributed by atoms with Crippen molar-refractivity contribution in [3.8, 4) is 0 Å². The minimum Gasteiger partial charge on any atom is -0.389 e. The lowest BCUT2D eigenvalue weighted by molar-refractivity contribution is -0.0428. The molecule has 0 fully saturated rings. The molecule has 8 nitrogen and oxygen atoms in total. The zero-order valence-corrected chi connectivity index (χ0v) is 19.9. The Kier molecular flexibility index (Phi) is 24.3. The maximum absolute atomic E-state index is 10.3. The molecule has 2 atom stereocenters. The first-order valence-corrected chi connectivity index (χ1v) is 11.1. The molecule has 0 bridgehead atoms. The molecule has 0 aromatic carbocycles. The molecule has 8 heteroatoms. The maximum Gasteiger partial charge on any atom is 0.0954 e. The highest BCUT2D eigenvalue weighted by Crippen LogP contribution is 2.19. The van der Waals surface area contributed by atoms with Crippen molar-refractivity contribution >= 4 is 0 Å². The highest BCUT2D eigenvalue weighted by atomic mass is 16.6. The molecule has 182 valence electrons. The largest absolute Gasteiger partial charge is 0.389 e. The van der Waals surface area contributed by atoms with E-state index in [1.807, 2.05) is 14.0 Å². The van der Waals surface area contributed by atoms with Crippen molar-refractivity contribution in [2.75, 3.05) is 66.4 Å². The van der Waals surface area contributed by atoms with Crippen molar-refractivity contribution in [3.63, 3.8) is 0 Å². The van der Waals surface area contributed by atoms with Gasteiger partial charge in [0.25, 0.3) is 0 Å². The van der Waals surface area contributed by atoms with Crippen LogP contribution in [0.25, 0.3) is 0 Å². The minimum atomic E-state index is -0.616. The third-order valence-electron chi connectivity index (χ3n) is 4.84. The monoisotopic (exact) mass is 436 g/mol. The van der Waals surface area contributed by atoms with Crippen LogP contribution in [0.5, 0.6) is 0 Å². The Hall–Kier alpha value is -0.580. The highest BCUT2D eigenvalue weighted by molar-refractivity contribution is 4.91. The molecule has 0 radical (unpaired) electrons. The first kappa shape index (κ1) is 31.6. The van der Waals surface area contributed by atoms with Crippen LogP contribution in [0.3, 0.4) is 0 Å². The van der Waals surface area contributed by atoms with Crippen LogP contribution in [0, 0.1) is 0 Å². The van der Waals surface area contributed by atoms with Gasteiger partial charge in [0.05, 0.1) is 65.1 Å². The van der Waals surface area contributed by atoms with Gasteiger partial charge in [-0.1, -0.05) is 32.9 Å². The topological polar surface area (TPSA) is 115 Å². The summed E-state index contributed by atoms with van der Waals surface area (Å²) < 4.78 is 21.4. The van der Waals surface area contributed by atoms with Gasteiger partial charge in [-0.25, -0.2) is 0 Å². The third kappa shape index (κ3) is 17.1. The molecule has 30 heavy (non-hydrogen) atoms. The van der Waals surface area contributed by atoms with Crippen molar-refractivity contribution in [2.24, 2.45) is 5.73 Å². The molecule has 0 heterocycles. The van der Waals surface area contributed by atoms with Crippen LogP contribution in [0.1, 0.15) is 47.0 Å². The Morgan fingerprint density at radius 2 is 1.33 bits per heavy atom. The molecular formula is C22H48N2O6. The molecule has 0 rings (SSSR count). The van der Waals surface area contributed by atoms with Gasteiger partial charge in [-0.05, 0) is 33.2 Å². The second kappa shape index (κ2) is 23.1. The van der Waals surface area contributed by atoms with Crippen molar-refractivity contribution in [1.82, 2.24) is 5.32 Å². The Balaban J connectivity index is 0. The molecule has 0 aliphatic rings. The van der Waals surface area contributed by atoms with E-state index in [9.17, 15) is 10.2 Å². The van der Waals surface area contributed by atoms with Crippen LogP contribution >= 0.6 is 0 Å². The average molecular weight is 437 g/mol.